The quantitative estimate of drug-likeness (QED) is 0.191. The Morgan fingerprint density at radius 1 is 0.965 bits per heavy atom. The van der Waals surface area contributed by atoms with E-state index in [1.165, 1.54) is 55.2 Å². The van der Waals surface area contributed by atoms with Crippen molar-refractivity contribution in [1.82, 2.24) is 29.9 Å². The summed E-state index contributed by atoms with van der Waals surface area (Å²) in [4.78, 5) is 60.3. The molecule has 13 nitrogen and oxygen atoms in total. The van der Waals surface area contributed by atoms with Crippen LogP contribution in [-0.4, -0.2) is 94.7 Å². The van der Waals surface area contributed by atoms with Gasteiger partial charge in [0.1, 0.15) is 17.3 Å². The largest absolute Gasteiger partial charge is 0.494 e. The Morgan fingerprint density at radius 3 is 2.46 bits per heavy atom. The van der Waals surface area contributed by atoms with Gasteiger partial charge in [0.25, 0.3) is 11.8 Å². The number of hydrogen-bond donors (Lipinski definition) is 2. The minimum absolute atomic E-state index is 0.0192. The van der Waals surface area contributed by atoms with E-state index in [4.69, 9.17) is 9.84 Å². The number of carbonyl (C=O) groups is 4. The molecular formula is C43H51FN8O5. The maximum atomic E-state index is 14.7. The number of urea groups is 1. The van der Waals surface area contributed by atoms with E-state index in [0.29, 0.717) is 41.8 Å². The standard InChI is InChI=1S/C43H51FN8O5/c1-28-4-3-5-34(45-28)40(54)46-36-24-31-27-52(48-35(31)26-38(36)57-2)32-11-19-49(20-12-32)18-10-29-8-14-43(15-9-29)16-22-50(23-17-43)41(55)30-6-7-33(44)37(25-30)51-21-13-39(53)47-42(51)56/h3-7,24-27,29,32H,8-23H2,1-2H3,(H,46,54)(H,47,53,56). The number of aromatic nitrogens is 3. The van der Waals surface area contributed by atoms with Gasteiger partial charge in [-0.3, -0.25) is 29.3 Å². The average molecular weight is 779 g/mol. The number of methoxy groups -OCH3 is 1. The van der Waals surface area contributed by atoms with Gasteiger partial charge in [0, 0.05) is 68.1 Å². The first-order valence-corrected chi connectivity index (χ1v) is 20.3. The molecule has 4 aliphatic rings. The number of nitrogens with zero attached hydrogens (tertiary/aromatic N) is 6. The number of carbonyl (C=O) groups excluding carboxylic acids is 4. The summed E-state index contributed by atoms with van der Waals surface area (Å²) in [6.07, 6.45) is 12.2. The Balaban J connectivity index is 0.783. The van der Waals surface area contributed by atoms with E-state index in [1.807, 2.05) is 36.1 Å². The predicted molar refractivity (Wildman–Crippen MR) is 214 cm³/mol. The summed E-state index contributed by atoms with van der Waals surface area (Å²) in [5.41, 5.74) is 3.21. The van der Waals surface area contributed by atoms with Crippen molar-refractivity contribution in [3.05, 3.63) is 77.5 Å². The van der Waals surface area contributed by atoms with Crippen molar-refractivity contribution in [2.45, 2.75) is 77.2 Å². The lowest BCUT2D eigenvalue weighted by atomic mass is 9.65. The van der Waals surface area contributed by atoms with Crippen molar-refractivity contribution in [1.29, 1.82) is 0 Å². The molecule has 5 heterocycles. The van der Waals surface area contributed by atoms with Crippen LogP contribution in [0.2, 0.25) is 0 Å². The van der Waals surface area contributed by atoms with Crippen LogP contribution >= 0.6 is 0 Å². The number of anilines is 2. The van der Waals surface area contributed by atoms with E-state index in [0.717, 1.165) is 67.8 Å². The number of rotatable bonds is 9. The lowest BCUT2D eigenvalue weighted by molar-refractivity contribution is -0.120. The van der Waals surface area contributed by atoms with Crippen LogP contribution in [-0.2, 0) is 4.79 Å². The van der Waals surface area contributed by atoms with Gasteiger partial charge in [0.2, 0.25) is 5.91 Å². The lowest BCUT2D eigenvalue weighted by Gasteiger charge is -2.46. The molecule has 3 aliphatic heterocycles. The number of nitrogens with one attached hydrogen (secondary N) is 2. The molecule has 0 radical (unpaired) electrons. The van der Waals surface area contributed by atoms with Crippen LogP contribution in [0.15, 0.2) is 54.7 Å². The third kappa shape index (κ3) is 8.37. The molecule has 57 heavy (non-hydrogen) atoms. The number of benzene rings is 2. The number of fused-ring (bicyclic) bond motifs is 1. The zero-order chi connectivity index (χ0) is 39.7. The smallest absolute Gasteiger partial charge is 0.328 e. The minimum Gasteiger partial charge on any atom is -0.494 e. The summed E-state index contributed by atoms with van der Waals surface area (Å²) in [7, 11) is 1.59. The zero-order valence-corrected chi connectivity index (χ0v) is 32.8. The minimum atomic E-state index is -0.672. The molecule has 8 rings (SSSR count). The summed E-state index contributed by atoms with van der Waals surface area (Å²) in [5.74, 6) is -0.150. The SMILES string of the molecule is COc1cc2nn(C3CCN(CCC4CCC5(CC4)CCN(C(=O)c4ccc(F)c(N6CCC(=O)NC6=O)c4)CC5)CC3)cc2cc1NC(=O)c1cccc(C)n1. The molecule has 2 N–H and O–H groups in total. The Bertz CT molecular complexity index is 2160. The first-order valence-electron chi connectivity index (χ1n) is 20.3. The van der Waals surface area contributed by atoms with Gasteiger partial charge in [-0.1, -0.05) is 6.07 Å². The fraction of sp³-hybridized carbons (Fsp3) is 0.488. The second-order valence-electron chi connectivity index (χ2n) is 16.4. The van der Waals surface area contributed by atoms with Gasteiger partial charge in [-0.05, 0) is 119 Å². The number of halogens is 1. The average Bonchev–Trinajstić information content (AvgIpc) is 3.64. The Morgan fingerprint density at radius 2 is 1.74 bits per heavy atom. The van der Waals surface area contributed by atoms with Gasteiger partial charge in [-0.15, -0.1) is 0 Å². The molecule has 2 aromatic carbocycles. The van der Waals surface area contributed by atoms with E-state index in [9.17, 15) is 23.6 Å². The predicted octanol–water partition coefficient (Wildman–Crippen LogP) is 6.73. The third-order valence-corrected chi connectivity index (χ3v) is 12.8. The number of hydrogen-bond acceptors (Lipinski definition) is 8. The first kappa shape index (κ1) is 38.5. The molecule has 0 unspecified atom stereocenters. The third-order valence-electron chi connectivity index (χ3n) is 12.8. The van der Waals surface area contributed by atoms with Gasteiger partial charge >= 0.3 is 6.03 Å². The summed E-state index contributed by atoms with van der Waals surface area (Å²) in [5, 5.41) is 11.0. The van der Waals surface area contributed by atoms with Crippen LogP contribution in [0.3, 0.4) is 0 Å². The molecule has 0 atom stereocenters. The lowest BCUT2D eigenvalue weighted by Crippen LogP contribution is -2.50. The Kier molecular flexibility index (Phi) is 11.0. The second-order valence-corrected chi connectivity index (χ2v) is 16.4. The molecule has 5 amide bonds. The highest BCUT2D eigenvalue weighted by Gasteiger charge is 2.39. The highest BCUT2D eigenvalue weighted by Crippen LogP contribution is 2.47. The Hall–Kier alpha value is -5.37. The Labute approximate surface area is 331 Å². The number of ether oxygens (including phenoxy) is 1. The van der Waals surface area contributed by atoms with Crippen LogP contribution in [0, 0.1) is 24.1 Å². The molecule has 4 aromatic rings. The fourth-order valence-corrected chi connectivity index (χ4v) is 9.25. The first-order chi connectivity index (χ1) is 27.6. The summed E-state index contributed by atoms with van der Waals surface area (Å²) in [6.45, 7) is 6.46. The topological polar surface area (TPSA) is 142 Å². The molecule has 1 spiro atoms. The van der Waals surface area contributed by atoms with E-state index in [2.05, 4.69) is 31.4 Å². The fourth-order valence-electron chi connectivity index (χ4n) is 9.25. The molecule has 300 valence electrons. The number of likely N-dealkylation sites (tertiary alicyclic amines) is 2. The van der Waals surface area contributed by atoms with Crippen LogP contribution < -0.4 is 20.3 Å². The zero-order valence-electron chi connectivity index (χ0n) is 32.8. The van der Waals surface area contributed by atoms with E-state index in [-0.39, 0.29) is 35.9 Å². The van der Waals surface area contributed by atoms with Crippen molar-refractivity contribution >= 4 is 46.0 Å². The van der Waals surface area contributed by atoms with E-state index < -0.39 is 17.8 Å². The van der Waals surface area contributed by atoms with Crippen LogP contribution in [0.25, 0.3) is 10.9 Å². The number of pyridine rings is 1. The molecule has 14 heteroatoms. The van der Waals surface area contributed by atoms with Crippen LogP contribution in [0.5, 0.6) is 5.75 Å². The maximum Gasteiger partial charge on any atom is 0.328 e. The molecule has 2 aromatic heterocycles. The normalized spacial score (nSPS) is 19.6. The number of amides is 5. The molecule has 3 saturated heterocycles. The maximum absolute atomic E-state index is 14.7. The van der Waals surface area contributed by atoms with Gasteiger partial charge in [-0.2, -0.15) is 5.10 Å². The van der Waals surface area contributed by atoms with Gasteiger partial charge in [0.15, 0.2) is 0 Å². The second kappa shape index (κ2) is 16.2. The highest BCUT2D eigenvalue weighted by atomic mass is 19.1. The van der Waals surface area contributed by atoms with Crippen molar-refractivity contribution < 1.29 is 28.3 Å². The van der Waals surface area contributed by atoms with Crippen molar-refractivity contribution in [2.24, 2.45) is 11.3 Å². The van der Waals surface area contributed by atoms with E-state index >= 15 is 0 Å². The van der Waals surface area contributed by atoms with Gasteiger partial charge in [-0.25, -0.2) is 14.2 Å². The monoisotopic (exact) mass is 778 g/mol. The molecule has 1 aliphatic carbocycles. The highest BCUT2D eigenvalue weighted by molar-refractivity contribution is 6.06. The van der Waals surface area contributed by atoms with E-state index in [1.54, 1.807) is 13.2 Å². The molecule has 4 fully saturated rings. The number of imide groups is 1. The van der Waals surface area contributed by atoms with Crippen molar-refractivity contribution in [3.8, 4) is 5.75 Å². The molecular weight excluding hydrogens is 728 g/mol. The van der Waals surface area contributed by atoms with Crippen LogP contribution in [0.1, 0.15) is 96.8 Å². The number of piperidine rings is 2. The van der Waals surface area contributed by atoms with Crippen molar-refractivity contribution in [2.75, 3.05) is 56.6 Å². The molecule has 0 bridgehead atoms. The molecule has 1 saturated carbocycles. The van der Waals surface area contributed by atoms with Crippen molar-refractivity contribution in [3.63, 3.8) is 0 Å². The summed E-state index contributed by atoms with van der Waals surface area (Å²) in [6, 6.07) is 13.0. The number of aryl methyl sites for hydroxylation is 1. The van der Waals surface area contributed by atoms with Crippen LogP contribution in [0.4, 0.5) is 20.6 Å². The van der Waals surface area contributed by atoms with Gasteiger partial charge in [0.05, 0.1) is 30.0 Å². The summed E-state index contributed by atoms with van der Waals surface area (Å²) >= 11 is 0. The summed E-state index contributed by atoms with van der Waals surface area (Å²) < 4.78 is 22.4. The van der Waals surface area contributed by atoms with Gasteiger partial charge < -0.3 is 19.9 Å².